The van der Waals surface area contributed by atoms with E-state index in [0.29, 0.717) is 10.7 Å². The lowest BCUT2D eigenvalue weighted by molar-refractivity contribution is -0.125. The Morgan fingerprint density at radius 1 is 0.867 bits per heavy atom. The molecule has 0 saturated heterocycles. The Balaban J connectivity index is 0.000000980. The molecule has 0 N–H and O–H groups in total. The summed E-state index contributed by atoms with van der Waals surface area (Å²) in [4.78, 5) is 29.5. The number of fused-ring (bicyclic) bond motifs is 1. The van der Waals surface area contributed by atoms with Crippen LogP contribution in [-0.4, -0.2) is 11.8 Å². The summed E-state index contributed by atoms with van der Waals surface area (Å²) in [6, 6.07) is 6.83. The van der Waals surface area contributed by atoms with Crippen LogP contribution in [0.4, 0.5) is 0 Å². The van der Waals surface area contributed by atoms with E-state index >= 15 is 0 Å². The van der Waals surface area contributed by atoms with Gasteiger partial charge >= 0.3 is 0 Å². The maximum atomic E-state index is 11.0. The second-order valence-corrected chi connectivity index (χ2v) is 2.68. The van der Waals surface area contributed by atoms with Gasteiger partial charge in [0.15, 0.2) is 0 Å². The van der Waals surface area contributed by atoms with Crippen LogP contribution >= 0.6 is 24.8 Å². The van der Waals surface area contributed by atoms with Crippen LogP contribution in [0, 0.1) is 0 Å². The number of nitrogens with zero attached hydrogens (tertiary/aromatic N) is 2. The average Bonchev–Trinajstić information content (AvgIpc) is 2.20. The minimum atomic E-state index is -0.432. The number of para-hydroxylation sites is 2. The van der Waals surface area contributed by atoms with Crippen molar-refractivity contribution in [3.05, 3.63) is 35.0 Å². The Labute approximate surface area is 97.9 Å². The van der Waals surface area contributed by atoms with Crippen LogP contribution in [0.2, 0.25) is 0 Å². The fraction of sp³-hybridized carbons (Fsp3) is 0.111. The maximum absolute atomic E-state index is 11.0. The van der Waals surface area contributed by atoms with Crippen molar-refractivity contribution in [1.29, 1.82) is 0 Å². The van der Waals surface area contributed by atoms with Crippen molar-refractivity contribution in [2.45, 2.75) is 6.42 Å². The highest BCUT2D eigenvalue weighted by Crippen LogP contribution is 1.89. The molecule has 1 aliphatic rings. The van der Waals surface area contributed by atoms with Crippen LogP contribution in [0.1, 0.15) is 6.42 Å². The average molecular weight is 247 g/mol. The van der Waals surface area contributed by atoms with Crippen molar-refractivity contribution in [1.82, 2.24) is 0 Å². The van der Waals surface area contributed by atoms with Gasteiger partial charge in [-0.1, -0.05) is 12.1 Å². The van der Waals surface area contributed by atoms with Crippen molar-refractivity contribution >= 4 is 36.6 Å². The molecular weight excluding hydrogens is 239 g/mol. The number of carbonyl (C=O) groups is 2. The summed E-state index contributed by atoms with van der Waals surface area (Å²) in [5.74, 6) is -0.864. The molecule has 0 atom stereocenters. The summed E-state index contributed by atoms with van der Waals surface area (Å²) in [6.45, 7) is 0. The molecule has 1 aromatic rings. The maximum Gasteiger partial charge on any atom is 0.255 e. The van der Waals surface area contributed by atoms with Crippen molar-refractivity contribution in [3.63, 3.8) is 0 Å². The molecule has 0 saturated carbocycles. The molecule has 1 aliphatic heterocycles. The summed E-state index contributed by atoms with van der Waals surface area (Å²) in [5, 5.41) is 0.941. The highest BCUT2D eigenvalue weighted by Gasteiger charge is 2.09. The first-order chi connectivity index (χ1) is 6.25. The number of benzene rings is 1. The Morgan fingerprint density at radius 3 is 1.67 bits per heavy atom. The van der Waals surface area contributed by atoms with Crippen molar-refractivity contribution in [2.75, 3.05) is 0 Å². The molecular formula is C9H8Cl2N2O2. The molecule has 6 heteroatoms. The topological polar surface area (TPSA) is 58.9 Å². The lowest BCUT2D eigenvalue weighted by atomic mass is 10.3. The van der Waals surface area contributed by atoms with Gasteiger partial charge in [-0.3, -0.25) is 9.59 Å². The summed E-state index contributed by atoms with van der Waals surface area (Å²) in [7, 11) is 0. The smallest absolute Gasteiger partial charge is 0.255 e. The lowest BCUT2D eigenvalue weighted by Gasteiger charge is -1.82. The number of carbonyl (C=O) groups excluding carboxylic acids is 2. The van der Waals surface area contributed by atoms with E-state index < -0.39 is 11.8 Å². The monoisotopic (exact) mass is 246 g/mol. The van der Waals surface area contributed by atoms with Gasteiger partial charge in [0.1, 0.15) is 6.42 Å². The van der Waals surface area contributed by atoms with Gasteiger partial charge in [0, 0.05) is 0 Å². The SMILES string of the molecule is Cl.Cl.O=C1CC(=O)N=c2ccccc2=N1. The summed E-state index contributed by atoms with van der Waals surface area (Å²) in [6.07, 6.45) is -0.228. The molecule has 0 spiro atoms. The van der Waals surface area contributed by atoms with Crippen molar-refractivity contribution in [3.8, 4) is 0 Å². The quantitative estimate of drug-likeness (QED) is 0.616. The molecule has 0 radical (unpaired) electrons. The Hall–Kier alpha value is -1.26. The second kappa shape index (κ2) is 5.58. The van der Waals surface area contributed by atoms with Crippen LogP contribution in [0.5, 0.6) is 0 Å². The Morgan fingerprint density at radius 2 is 1.27 bits per heavy atom. The second-order valence-electron chi connectivity index (χ2n) is 2.68. The highest BCUT2D eigenvalue weighted by atomic mass is 35.5. The summed E-state index contributed by atoms with van der Waals surface area (Å²) < 4.78 is 0. The number of hydrogen-bond acceptors (Lipinski definition) is 2. The molecule has 15 heavy (non-hydrogen) atoms. The standard InChI is InChI=1S/C9H6N2O2.2ClH/c12-8-5-9(13)11-7-4-2-1-3-6(7)10-8;;/h1-4H,5H2;2*1H. The third-order valence-corrected chi connectivity index (χ3v) is 1.67. The fourth-order valence-electron chi connectivity index (χ4n) is 1.13. The van der Waals surface area contributed by atoms with Gasteiger partial charge in [0.2, 0.25) is 0 Å². The fourth-order valence-corrected chi connectivity index (χ4v) is 1.13. The molecule has 1 heterocycles. The van der Waals surface area contributed by atoms with E-state index in [-0.39, 0.29) is 31.2 Å². The molecule has 2 rings (SSSR count). The normalized spacial score (nSPS) is 13.3. The van der Waals surface area contributed by atoms with Gasteiger partial charge in [0.05, 0.1) is 10.7 Å². The third-order valence-electron chi connectivity index (χ3n) is 1.67. The van der Waals surface area contributed by atoms with E-state index in [4.69, 9.17) is 0 Å². The van der Waals surface area contributed by atoms with E-state index in [1.54, 1.807) is 24.3 Å². The van der Waals surface area contributed by atoms with Crippen LogP contribution in [0.25, 0.3) is 0 Å². The molecule has 0 unspecified atom stereocenters. The van der Waals surface area contributed by atoms with Crippen molar-refractivity contribution < 1.29 is 9.59 Å². The molecule has 0 fully saturated rings. The van der Waals surface area contributed by atoms with Gasteiger partial charge in [-0.2, -0.15) is 0 Å². The molecule has 0 bridgehead atoms. The summed E-state index contributed by atoms with van der Waals surface area (Å²) in [5.41, 5.74) is 0. The minimum Gasteiger partial charge on any atom is -0.272 e. The lowest BCUT2D eigenvalue weighted by Crippen LogP contribution is -2.24. The number of rotatable bonds is 0. The predicted molar refractivity (Wildman–Crippen MR) is 57.9 cm³/mol. The zero-order valence-corrected chi connectivity index (χ0v) is 9.18. The molecule has 2 amide bonds. The molecule has 0 aliphatic carbocycles. The summed E-state index contributed by atoms with van der Waals surface area (Å²) >= 11 is 0. The van der Waals surface area contributed by atoms with Gasteiger partial charge < -0.3 is 0 Å². The number of hydrogen-bond donors (Lipinski definition) is 0. The zero-order valence-electron chi connectivity index (χ0n) is 7.54. The van der Waals surface area contributed by atoms with Crippen LogP contribution in [0.15, 0.2) is 34.3 Å². The van der Waals surface area contributed by atoms with E-state index in [0.717, 1.165) is 0 Å². The Kier molecular flexibility index (Phi) is 5.11. The van der Waals surface area contributed by atoms with E-state index in [1.807, 2.05) is 0 Å². The zero-order chi connectivity index (χ0) is 9.26. The highest BCUT2D eigenvalue weighted by molar-refractivity contribution is 5.98. The first-order valence-electron chi connectivity index (χ1n) is 3.84. The van der Waals surface area contributed by atoms with E-state index in [2.05, 4.69) is 9.98 Å². The third kappa shape index (κ3) is 3.11. The molecule has 80 valence electrons. The van der Waals surface area contributed by atoms with Crippen LogP contribution in [0.3, 0.4) is 0 Å². The van der Waals surface area contributed by atoms with Gasteiger partial charge in [-0.15, -0.1) is 24.8 Å². The first-order valence-corrected chi connectivity index (χ1v) is 3.84. The first kappa shape index (κ1) is 13.7. The van der Waals surface area contributed by atoms with Gasteiger partial charge in [0.25, 0.3) is 11.8 Å². The van der Waals surface area contributed by atoms with E-state index in [9.17, 15) is 9.59 Å². The Bertz CT molecular complexity index is 454. The van der Waals surface area contributed by atoms with Crippen LogP contribution < -0.4 is 10.7 Å². The van der Waals surface area contributed by atoms with Crippen LogP contribution in [-0.2, 0) is 9.59 Å². The van der Waals surface area contributed by atoms with Crippen molar-refractivity contribution in [2.24, 2.45) is 9.98 Å². The molecule has 0 aromatic heterocycles. The number of halogens is 2. The largest absolute Gasteiger partial charge is 0.272 e. The number of amides is 2. The molecule has 4 nitrogen and oxygen atoms in total. The predicted octanol–water partition coefficient (Wildman–Crippen LogP) is 0.226. The van der Waals surface area contributed by atoms with Gasteiger partial charge in [-0.05, 0) is 12.1 Å². The minimum absolute atomic E-state index is 0. The molecule has 1 aromatic carbocycles. The van der Waals surface area contributed by atoms with Gasteiger partial charge in [-0.25, -0.2) is 9.98 Å². The van der Waals surface area contributed by atoms with E-state index in [1.165, 1.54) is 0 Å².